The van der Waals surface area contributed by atoms with Crippen molar-refractivity contribution in [2.75, 3.05) is 48.7 Å². The molecule has 1 fully saturated rings. The fourth-order valence-corrected chi connectivity index (χ4v) is 4.73. The first-order chi connectivity index (χ1) is 14.7. The van der Waals surface area contributed by atoms with Crippen molar-refractivity contribution in [2.24, 2.45) is 0 Å². The largest absolute Gasteiger partial charge is 0.369 e. The van der Waals surface area contributed by atoms with Gasteiger partial charge in [-0.25, -0.2) is 4.98 Å². The summed E-state index contributed by atoms with van der Waals surface area (Å²) in [5.74, 6) is 1.03. The van der Waals surface area contributed by atoms with Crippen molar-refractivity contribution < 1.29 is 4.79 Å². The Balaban J connectivity index is 1.23. The Morgan fingerprint density at radius 3 is 2.70 bits per heavy atom. The van der Waals surface area contributed by atoms with Crippen LogP contribution in [0.1, 0.15) is 17.6 Å². The van der Waals surface area contributed by atoms with Crippen LogP contribution in [-0.4, -0.2) is 64.5 Å². The lowest BCUT2D eigenvalue weighted by Gasteiger charge is -2.35. The normalized spacial score (nSPS) is 14.8. The molecule has 1 aliphatic heterocycles. The zero-order chi connectivity index (χ0) is 20.8. The summed E-state index contributed by atoms with van der Waals surface area (Å²) in [4.78, 5) is 22.8. The molecule has 0 spiro atoms. The summed E-state index contributed by atoms with van der Waals surface area (Å²) < 4.78 is 0. The predicted octanol–water partition coefficient (Wildman–Crippen LogP) is 3.33. The van der Waals surface area contributed by atoms with Crippen LogP contribution in [0.2, 0.25) is 0 Å². The van der Waals surface area contributed by atoms with Gasteiger partial charge >= 0.3 is 0 Å². The van der Waals surface area contributed by atoms with E-state index in [1.807, 2.05) is 23.6 Å². The van der Waals surface area contributed by atoms with Crippen LogP contribution >= 0.6 is 23.1 Å². The highest BCUT2D eigenvalue weighted by Crippen LogP contribution is 2.20. The van der Waals surface area contributed by atoms with Gasteiger partial charge in [0.15, 0.2) is 0 Å². The Morgan fingerprint density at radius 2 is 2.00 bits per heavy atom. The number of H-pyrrole nitrogens is 1. The van der Waals surface area contributed by atoms with Gasteiger partial charge in [0.25, 0.3) is 0 Å². The van der Waals surface area contributed by atoms with Crippen molar-refractivity contribution in [2.45, 2.75) is 18.5 Å². The van der Waals surface area contributed by atoms with E-state index in [4.69, 9.17) is 0 Å². The third-order valence-corrected chi connectivity index (χ3v) is 6.82. The second-order valence-corrected chi connectivity index (χ2v) is 9.10. The summed E-state index contributed by atoms with van der Waals surface area (Å²) in [6, 6.07) is 12.2. The molecule has 3 aromatic rings. The van der Waals surface area contributed by atoms with E-state index >= 15 is 0 Å². The maximum Gasteiger partial charge on any atom is 0.234 e. The van der Waals surface area contributed by atoms with Crippen LogP contribution in [0.4, 0.5) is 11.4 Å². The minimum Gasteiger partial charge on any atom is -0.369 e. The number of aromatic nitrogens is 3. The van der Waals surface area contributed by atoms with Gasteiger partial charge in [0, 0.05) is 48.9 Å². The summed E-state index contributed by atoms with van der Waals surface area (Å²) in [6.07, 6.45) is 0.733. The monoisotopic (exact) mass is 442 g/mol. The average Bonchev–Trinajstić information content (AvgIpc) is 3.45. The molecule has 1 aliphatic rings. The van der Waals surface area contributed by atoms with Crippen LogP contribution < -0.4 is 10.2 Å². The van der Waals surface area contributed by atoms with Gasteiger partial charge in [0.2, 0.25) is 11.1 Å². The highest BCUT2D eigenvalue weighted by Gasteiger charge is 2.16. The number of thioether (sulfide) groups is 1. The average molecular weight is 443 g/mol. The predicted molar refractivity (Wildman–Crippen MR) is 124 cm³/mol. The van der Waals surface area contributed by atoms with Gasteiger partial charge in [-0.1, -0.05) is 24.8 Å². The molecule has 30 heavy (non-hydrogen) atoms. The fourth-order valence-electron chi connectivity index (χ4n) is 3.40. The molecule has 0 bridgehead atoms. The zero-order valence-corrected chi connectivity index (χ0v) is 18.6. The van der Waals surface area contributed by atoms with E-state index in [9.17, 15) is 4.79 Å². The van der Waals surface area contributed by atoms with Gasteiger partial charge in [-0.2, -0.15) is 0 Å². The third-order valence-electron chi connectivity index (χ3n) is 5.10. The lowest BCUT2D eigenvalue weighted by molar-refractivity contribution is -0.113. The number of piperazine rings is 1. The number of aromatic amines is 1. The van der Waals surface area contributed by atoms with E-state index in [1.165, 1.54) is 22.3 Å². The molecule has 0 aliphatic carbocycles. The molecule has 3 heterocycles. The van der Waals surface area contributed by atoms with Gasteiger partial charge < -0.3 is 15.1 Å². The van der Waals surface area contributed by atoms with Crippen LogP contribution in [0.25, 0.3) is 0 Å². The standard InChI is InChI=1S/C21H26N6OS2/c1-2-26-9-11-27(12-10-26)17-7-5-16(6-8-17)22-20(28)15-30-21-23-19(24-25-21)14-18-4-3-13-29-18/h3-8,13H,2,9-12,14-15H2,1H3,(H,22,28)(H,23,24,25). The molecule has 9 heteroatoms. The molecule has 0 unspecified atom stereocenters. The van der Waals surface area contributed by atoms with Gasteiger partial charge in [0.1, 0.15) is 5.82 Å². The first-order valence-electron chi connectivity index (χ1n) is 10.1. The molecule has 0 saturated carbocycles. The smallest absolute Gasteiger partial charge is 0.234 e. The van der Waals surface area contributed by atoms with Crippen molar-refractivity contribution in [1.29, 1.82) is 0 Å². The van der Waals surface area contributed by atoms with Gasteiger partial charge in [0.05, 0.1) is 5.75 Å². The number of hydrogen-bond acceptors (Lipinski definition) is 7. The summed E-state index contributed by atoms with van der Waals surface area (Å²) in [6.45, 7) is 7.60. The molecule has 1 amide bonds. The van der Waals surface area contributed by atoms with Gasteiger partial charge in [-0.05, 0) is 42.3 Å². The Bertz CT molecular complexity index is 933. The van der Waals surface area contributed by atoms with Gasteiger partial charge in [-0.15, -0.1) is 16.4 Å². The minimum absolute atomic E-state index is 0.0612. The van der Waals surface area contributed by atoms with E-state index in [0.717, 1.165) is 50.7 Å². The molecule has 1 saturated heterocycles. The topological polar surface area (TPSA) is 77.1 Å². The molecule has 158 valence electrons. The van der Waals surface area contributed by atoms with Crippen LogP contribution in [-0.2, 0) is 11.2 Å². The maximum absolute atomic E-state index is 12.3. The van der Waals surface area contributed by atoms with Crippen LogP contribution in [0.3, 0.4) is 0 Å². The summed E-state index contributed by atoms with van der Waals surface area (Å²) >= 11 is 3.03. The van der Waals surface area contributed by atoms with Crippen LogP contribution in [0.15, 0.2) is 46.9 Å². The first-order valence-corrected chi connectivity index (χ1v) is 12.0. The number of thiophene rings is 1. The molecule has 2 N–H and O–H groups in total. The second kappa shape index (κ2) is 10.1. The summed E-state index contributed by atoms with van der Waals surface area (Å²) in [5.41, 5.74) is 2.02. The third kappa shape index (κ3) is 5.62. The molecule has 4 rings (SSSR count). The SMILES string of the molecule is CCN1CCN(c2ccc(NC(=O)CSc3n[nH]c(Cc4cccs4)n3)cc2)CC1. The number of rotatable bonds is 8. The molecule has 2 aromatic heterocycles. The summed E-state index contributed by atoms with van der Waals surface area (Å²) in [5, 5.41) is 12.7. The molecule has 0 radical (unpaired) electrons. The maximum atomic E-state index is 12.3. The van der Waals surface area contributed by atoms with Crippen molar-refractivity contribution in [1.82, 2.24) is 20.1 Å². The van der Waals surface area contributed by atoms with E-state index in [2.05, 4.69) is 55.4 Å². The van der Waals surface area contributed by atoms with Crippen molar-refractivity contribution in [3.63, 3.8) is 0 Å². The first kappa shape index (κ1) is 20.9. The van der Waals surface area contributed by atoms with Crippen LogP contribution in [0.5, 0.6) is 0 Å². The Hall–Kier alpha value is -2.36. The number of anilines is 2. The molecule has 1 aromatic carbocycles. The van der Waals surface area contributed by atoms with Crippen molar-refractivity contribution in [3.05, 3.63) is 52.5 Å². The number of amides is 1. The van der Waals surface area contributed by atoms with E-state index in [1.54, 1.807) is 11.3 Å². The number of nitrogens with one attached hydrogen (secondary N) is 2. The number of likely N-dealkylation sites (N-methyl/N-ethyl adjacent to an activating group) is 1. The van der Waals surface area contributed by atoms with Crippen molar-refractivity contribution in [3.8, 4) is 0 Å². The second-order valence-electron chi connectivity index (χ2n) is 7.13. The zero-order valence-electron chi connectivity index (χ0n) is 17.0. The number of nitrogens with zero attached hydrogens (tertiary/aromatic N) is 4. The lowest BCUT2D eigenvalue weighted by Crippen LogP contribution is -2.46. The highest BCUT2D eigenvalue weighted by atomic mass is 32.2. The number of hydrogen-bond donors (Lipinski definition) is 2. The highest BCUT2D eigenvalue weighted by molar-refractivity contribution is 7.99. The number of carbonyl (C=O) groups is 1. The quantitative estimate of drug-likeness (QED) is 0.521. The number of benzene rings is 1. The molecule has 0 atom stereocenters. The van der Waals surface area contributed by atoms with E-state index in [0.29, 0.717) is 5.16 Å². The Morgan fingerprint density at radius 1 is 1.20 bits per heavy atom. The molecule has 7 nitrogen and oxygen atoms in total. The lowest BCUT2D eigenvalue weighted by atomic mass is 10.2. The molecular weight excluding hydrogens is 416 g/mol. The Kier molecular flexibility index (Phi) is 7.03. The van der Waals surface area contributed by atoms with Gasteiger partial charge in [-0.3, -0.25) is 9.89 Å². The van der Waals surface area contributed by atoms with E-state index in [-0.39, 0.29) is 11.7 Å². The fraction of sp³-hybridized carbons (Fsp3) is 0.381. The van der Waals surface area contributed by atoms with Crippen molar-refractivity contribution >= 4 is 40.4 Å². The minimum atomic E-state index is -0.0612. The summed E-state index contributed by atoms with van der Waals surface area (Å²) in [7, 11) is 0. The number of carbonyl (C=O) groups excluding carboxylic acids is 1. The Labute approximate surface area is 184 Å². The molecular formula is C21H26N6OS2. The van der Waals surface area contributed by atoms with Crippen LogP contribution in [0, 0.1) is 0 Å². The van der Waals surface area contributed by atoms with E-state index < -0.39 is 0 Å².